The van der Waals surface area contributed by atoms with Crippen LogP contribution in [0.25, 0.3) is 21.8 Å². The van der Waals surface area contributed by atoms with Crippen LogP contribution in [0, 0.1) is 10.1 Å². The van der Waals surface area contributed by atoms with Gasteiger partial charge in [0.25, 0.3) is 11.6 Å². The number of anilines is 1. The van der Waals surface area contributed by atoms with Crippen LogP contribution in [0.3, 0.4) is 0 Å². The highest BCUT2D eigenvalue weighted by Crippen LogP contribution is 2.28. The summed E-state index contributed by atoms with van der Waals surface area (Å²) in [7, 11) is 1.24. The number of esters is 1. The van der Waals surface area contributed by atoms with Crippen molar-refractivity contribution >= 4 is 45.1 Å². The Morgan fingerprint density at radius 3 is 2.53 bits per heavy atom. The van der Waals surface area contributed by atoms with Gasteiger partial charge in [-0.05, 0) is 24.3 Å². The lowest BCUT2D eigenvalue weighted by molar-refractivity contribution is -0.384. The largest absolute Gasteiger partial charge is 0.464 e. The lowest BCUT2D eigenvalue weighted by Gasteiger charge is -2.09. The molecule has 10 nitrogen and oxygen atoms in total. The number of non-ortho nitro benzene ring substituents is 1. The molecule has 1 amide bonds. The second-order valence-corrected chi connectivity index (χ2v) is 6.32. The first-order valence-electron chi connectivity index (χ1n) is 8.78. The number of methoxy groups -OCH3 is 1. The zero-order chi connectivity index (χ0) is 21.3. The molecule has 0 saturated carbocycles. The number of hydrogen-bond acceptors (Lipinski definition) is 7. The number of para-hydroxylation sites is 1. The fourth-order valence-electron chi connectivity index (χ4n) is 3.07. The standard InChI is InChI=1S/C20H15N5O5/c1-30-20(27)16-10-14-13-4-2-3-5-15(13)21-17(14)18(22-16)19(26)24-23-11-6-8-12(9-7-11)25(28)29/h2-10,21,23H,1H3,(H,24,26). The number of pyridine rings is 1. The van der Waals surface area contributed by atoms with Gasteiger partial charge in [-0.15, -0.1) is 0 Å². The summed E-state index contributed by atoms with van der Waals surface area (Å²) < 4.78 is 4.75. The molecule has 0 bridgehead atoms. The van der Waals surface area contributed by atoms with Crippen molar-refractivity contribution in [2.75, 3.05) is 12.5 Å². The second kappa shape index (κ2) is 7.51. The zero-order valence-electron chi connectivity index (χ0n) is 15.6. The molecule has 0 atom stereocenters. The Bertz CT molecular complexity index is 1300. The quantitative estimate of drug-likeness (QED) is 0.263. The van der Waals surface area contributed by atoms with Gasteiger partial charge >= 0.3 is 5.97 Å². The monoisotopic (exact) mass is 405 g/mol. The van der Waals surface area contributed by atoms with Crippen molar-refractivity contribution < 1.29 is 19.2 Å². The number of aromatic nitrogens is 2. The minimum atomic E-state index is -0.667. The van der Waals surface area contributed by atoms with E-state index in [0.29, 0.717) is 16.6 Å². The van der Waals surface area contributed by atoms with E-state index < -0.39 is 16.8 Å². The molecule has 30 heavy (non-hydrogen) atoms. The third-order valence-electron chi connectivity index (χ3n) is 4.50. The number of hydrazine groups is 1. The van der Waals surface area contributed by atoms with Crippen LogP contribution >= 0.6 is 0 Å². The SMILES string of the molecule is COC(=O)c1cc2c([nH]c3ccccc32)c(C(=O)NNc2ccc([N+](=O)[O-])cc2)n1. The van der Waals surface area contributed by atoms with E-state index in [-0.39, 0.29) is 17.1 Å². The average molecular weight is 405 g/mol. The number of aromatic amines is 1. The number of nitrogens with zero attached hydrogens (tertiary/aromatic N) is 2. The van der Waals surface area contributed by atoms with E-state index in [1.54, 1.807) is 6.07 Å². The first-order valence-corrected chi connectivity index (χ1v) is 8.78. The van der Waals surface area contributed by atoms with Gasteiger partial charge in [-0.25, -0.2) is 9.78 Å². The molecular formula is C20H15N5O5. The highest BCUT2D eigenvalue weighted by atomic mass is 16.6. The Morgan fingerprint density at radius 2 is 1.83 bits per heavy atom. The molecule has 4 rings (SSSR count). The van der Waals surface area contributed by atoms with Crippen molar-refractivity contribution in [1.29, 1.82) is 0 Å². The first kappa shape index (κ1) is 18.9. The average Bonchev–Trinajstić information content (AvgIpc) is 3.15. The number of fused-ring (bicyclic) bond motifs is 3. The highest BCUT2D eigenvalue weighted by Gasteiger charge is 2.20. The number of carbonyl (C=O) groups excluding carboxylic acids is 2. The maximum absolute atomic E-state index is 12.8. The molecule has 0 aliphatic heterocycles. The molecule has 2 aromatic heterocycles. The number of amides is 1. The molecular weight excluding hydrogens is 390 g/mol. The summed E-state index contributed by atoms with van der Waals surface area (Å²) in [6, 6.07) is 14.5. The van der Waals surface area contributed by atoms with Crippen molar-refractivity contribution in [3.8, 4) is 0 Å². The molecule has 3 N–H and O–H groups in total. The van der Waals surface area contributed by atoms with E-state index in [0.717, 1.165) is 10.9 Å². The lowest BCUT2D eigenvalue weighted by atomic mass is 10.1. The number of benzene rings is 2. The number of nitrogens with one attached hydrogen (secondary N) is 3. The van der Waals surface area contributed by atoms with Gasteiger partial charge < -0.3 is 9.72 Å². The van der Waals surface area contributed by atoms with Crippen molar-refractivity contribution in [1.82, 2.24) is 15.4 Å². The van der Waals surface area contributed by atoms with Crippen molar-refractivity contribution in [3.05, 3.63) is 76.1 Å². The second-order valence-electron chi connectivity index (χ2n) is 6.32. The fraction of sp³-hybridized carbons (Fsp3) is 0.0500. The van der Waals surface area contributed by atoms with E-state index >= 15 is 0 Å². The van der Waals surface area contributed by atoms with Gasteiger partial charge in [-0.2, -0.15) is 0 Å². The van der Waals surface area contributed by atoms with E-state index in [9.17, 15) is 19.7 Å². The van der Waals surface area contributed by atoms with E-state index in [1.807, 2.05) is 24.3 Å². The maximum atomic E-state index is 12.8. The summed E-state index contributed by atoms with van der Waals surface area (Å²) >= 11 is 0. The molecule has 150 valence electrons. The number of rotatable bonds is 5. The summed E-state index contributed by atoms with van der Waals surface area (Å²) in [4.78, 5) is 42.4. The van der Waals surface area contributed by atoms with E-state index in [2.05, 4.69) is 20.8 Å². The van der Waals surface area contributed by atoms with Crippen LogP contribution in [-0.2, 0) is 4.74 Å². The Hall–Kier alpha value is -4.47. The minimum Gasteiger partial charge on any atom is -0.464 e. The van der Waals surface area contributed by atoms with Crippen LogP contribution in [0.15, 0.2) is 54.6 Å². The summed E-state index contributed by atoms with van der Waals surface area (Å²) in [5, 5.41) is 12.2. The smallest absolute Gasteiger partial charge is 0.356 e. The molecule has 10 heteroatoms. The number of ether oxygens (including phenoxy) is 1. The Balaban J connectivity index is 1.70. The number of carbonyl (C=O) groups is 2. The summed E-state index contributed by atoms with van der Waals surface area (Å²) in [6.45, 7) is 0. The summed E-state index contributed by atoms with van der Waals surface area (Å²) in [5.74, 6) is -1.27. The number of nitro benzene ring substituents is 1. The van der Waals surface area contributed by atoms with Crippen LogP contribution in [0.5, 0.6) is 0 Å². The molecule has 0 aliphatic rings. The van der Waals surface area contributed by atoms with Gasteiger partial charge in [-0.3, -0.25) is 25.8 Å². The van der Waals surface area contributed by atoms with E-state index in [4.69, 9.17) is 4.74 Å². The minimum absolute atomic E-state index is 0.00138. The van der Waals surface area contributed by atoms with Crippen LogP contribution in [0.4, 0.5) is 11.4 Å². The van der Waals surface area contributed by atoms with Crippen molar-refractivity contribution in [2.24, 2.45) is 0 Å². The van der Waals surface area contributed by atoms with Gasteiger partial charge in [-0.1, -0.05) is 18.2 Å². The molecule has 0 fully saturated rings. The zero-order valence-corrected chi connectivity index (χ0v) is 15.6. The normalized spacial score (nSPS) is 10.7. The van der Waals surface area contributed by atoms with Crippen molar-refractivity contribution in [3.63, 3.8) is 0 Å². The third-order valence-corrected chi connectivity index (χ3v) is 4.50. The van der Waals surface area contributed by atoms with Crippen LogP contribution in [0.1, 0.15) is 21.0 Å². The Labute approximate surface area is 169 Å². The Kier molecular flexibility index (Phi) is 4.72. The molecule has 0 radical (unpaired) electrons. The number of nitro groups is 1. The molecule has 0 unspecified atom stereocenters. The molecule has 0 spiro atoms. The number of H-pyrrole nitrogens is 1. The van der Waals surface area contributed by atoms with Gasteiger partial charge in [0.15, 0.2) is 5.69 Å². The summed E-state index contributed by atoms with van der Waals surface area (Å²) in [5.41, 5.74) is 6.78. The molecule has 4 aromatic rings. The lowest BCUT2D eigenvalue weighted by Crippen LogP contribution is -2.30. The maximum Gasteiger partial charge on any atom is 0.356 e. The van der Waals surface area contributed by atoms with Gasteiger partial charge in [0.05, 0.1) is 23.2 Å². The van der Waals surface area contributed by atoms with Crippen LogP contribution in [0.2, 0.25) is 0 Å². The summed E-state index contributed by atoms with van der Waals surface area (Å²) in [6.07, 6.45) is 0. The molecule has 0 saturated heterocycles. The predicted molar refractivity (Wildman–Crippen MR) is 109 cm³/mol. The Morgan fingerprint density at radius 1 is 1.10 bits per heavy atom. The third kappa shape index (κ3) is 3.37. The first-order chi connectivity index (χ1) is 14.5. The topological polar surface area (TPSA) is 139 Å². The number of hydrogen-bond donors (Lipinski definition) is 3. The van der Waals surface area contributed by atoms with Gasteiger partial charge in [0.2, 0.25) is 0 Å². The van der Waals surface area contributed by atoms with E-state index in [1.165, 1.54) is 31.4 Å². The van der Waals surface area contributed by atoms with Gasteiger partial charge in [0, 0.05) is 28.4 Å². The predicted octanol–water partition coefficient (Wildman–Crippen LogP) is 3.17. The fourth-order valence-corrected chi connectivity index (χ4v) is 3.07. The van der Waals surface area contributed by atoms with Crippen LogP contribution < -0.4 is 10.9 Å². The molecule has 2 heterocycles. The molecule has 0 aliphatic carbocycles. The van der Waals surface area contributed by atoms with Crippen molar-refractivity contribution in [2.45, 2.75) is 0 Å². The highest BCUT2D eigenvalue weighted by molar-refractivity contribution is 6.15. The molecule has 2 aromatic carbocycles. The van der Waals surface area contributed by atoms with Crippen LogP contribution in [-0.4, -0.2) is 33.9 Å². The van der Waals surface area contributed by atoms with Gasteiger partial charge in [0.1, 0.15) is 5.69 Å².